The Kier molecular flexibility index (Phi) is 42.1. The van der Waals surface area contributed by atoms with Crippen molar-refractivity contribution in [3.05, 3.63) is 85.1 Å². The van der Waals surface area contributed by atoms with Gasteiger partial charge in [-0.1, -0.05) is 189 Å². The number of allylic oxidation sites excluding steroid dienone is 13. The lowest BCUT2D eigenvalue weighted by atomic mass is 9.96. The minimum absolute atomic E-state index is 0.218. The highest BCUT2D eigenvalue weighted by Crippen LogP contribution is 2.33. The molecule has 12 N–H and O–H groups in total. The molecule has 3 saturated heterocycles. The van der Waals surface area contributed by atoms with E-state index in [0.717, 1.165) is 96.3 Å². The summed E-state index contributed by atoms with van der Waals surface area (Å²) in [5.74, 6) is -0.301. The van der Waals surface area contributed by atoms with E-state index in [0.29, 0.717) is 12.8 Å². The fourth-order valence-electron chi connectivity index (χ4n) is 10.2. The molecule has 17 unspecified atom stereocenters. The Hall–Kier alpha value is -3.03. The van der Waals surface area contributed by atoms with Crippen molar-refractivity contribution in [1.29, 1.82) is 0 Å². The number of hydrogen-bond donors (Lipinski definition) is 12. The molecule has 0 aromatic carbocycles. The Balaban J connectivity index is 1.49. The molecule has 0 saturated carbocycles. The van der Waals surface area contributed by atoms with Crippen LogP contribution in [-0.2, 0) is 33.2 Å². The van der Waals surface area contributed by atoms with Gasteiger partial charge >= 0.3 is 0 Å². The van der Waals surface area contributed by atoms with E-state index in [1.54, 1.807) is 6.08 Å². The molecule has 0 spiro atoms. The summed E-state index contributed by atoms with van der Waals surface area (Å²) in [6.45, 7) is 1.56. The van der Waals surface area contributed by atoms with Crippen molar-refractivity contribution >= 4 is 5.91 Å². The van der Waals surface area contributed by atoms with Gasteiger partial charge in [0, 0.05) is 6.42 Å². The van der Waals surface area contributed by atoms with Gasteiger partial charge in [-0.2, -0.15) is 0 Å². The molecular formula is C65H111NO18. The zero-order valence-electron chi connectivity index (χ0n) is 50.6. The molecule has 0 radical (unpaired) electrons. The lowest BCUT2D eigenvalue weighted by molar-refractivity contribution is -0.379. The predicted molar refractivity (Wildman–Crippen MR) is 323 cm³/mol. The maximum absolute atomic E-state index is 13.4. The lowest BCUT2D eigenvalue weighted by Gasteiger charge is -2.48. The van der Waals surface area contributed by atoms with Crippen molar-refractivity contribution in [2.75, 3.05) is 26.4 Å². The van der Waals surface area contributed by atoms with Gasteiger partial charge in [-0.25, -0.2) is 0 Å². The topological polar surface area (TPSA) is 307 Å². The summed E-state index contributed by atoms with van der Waals surface area (Å²) in [5, 5.41) is 120. The number of unbranched alkanes of at least 4 members (excludes halogenated alkanes) is 18. The van der Waals surface area contributed by atoms with Crippen LogP contribution in [0.1, 0.15) is 187 Å². The normalized spacial score (nSPS) is 29.8. The van der Waals surface area contributed by atoms with Gasteiger partial charge in [0.2, 0.25) is 5.91 Å². The van der Waals surface area contributed by atoms with Gasteiger partial charge in [0.05, 0.1) is 38.6 Å². The van der Waals surface area contributed by atoms with Gasteiger partial charge in [0.1, 0.15) is 73.2 Å². The quantitative estimate of drug-likeness (QED) is 0.0221. The zero-order valence-corrected chi connectivity index (χ0v) is 50.6. The van der Waals surface area contributed by atoms with E-state index in [1.165, 1.54) is 57.8 Å². The highest BCUT2D eigenvalue weighted by molar-refractivity contribution is 5.76. The molecule has 17 atom stereocenters. The van der Waals surface area contributed by atoms with Crippen LogP contribution >= 0.6 is 0 Å². The Labute approximate surface area is 501 Å². The maximum Gasteiger partial charge on any atom is 0.220 e. The molecule has 0 aromatic rings. The van der Waals surface area contributed by atoms with Crippen LogP contribution in [0.2, 0.25) is 0 Å². The molecular weight excluding hydrogens is 1080 g/mol. The van der Waals surface area contributed by atoms with Crippen LogP contribution in [0.15, 0.2) is 85.1 Å². The fraction of sp³-hybridized carbons (Fsp3) is 0.769. The molecule has 3 heterocycles. The van der Waals surface area contributed by atoms with E-state index >= 15 is 0 Å². The number of ether oxygens (including phenoxy) is 6. The number of amides is 1. The van der Waals surface area contributed by atoms with Crippen molar-refractivity contribution in [3.63, 3.8) is 0 Å². The van der Waals surface area contributed by atoms with Crippen LogP contribution in [0.3, 0.4) is 0 Å². The second-order valence-corrected chi connectivity index (χ2v) is 22.5. The van der Waals surface area contributed by atoms with E-state index < -0.39 is 124 Å². The first kappa shape index (κ1) is 75.2. The van der Waals surface area contributed by atoms with Gasteiger partial charge in [-0.3, -0.25) is 4.79 Å². The molecule has 3 aliphatic rings. The average molecular weight is 1190 g/mol. The van der Waals surface area contributed by atoms with Crippen LogP contribution in [-0.4, -0.2) is 193 Å². The first-order valence-electron chi connectivity index (χ1n) is 31.8. The Morgan fingerprint density at radius 1 is 0.440 bits per heavy atom. The zero-order chi connectivity index (χ0) is 61.2. The molecule has 1 amide bonds. The highest BCUT2D eigenvalue weighted by Gasteiger charge is 2.53. The predicted octanol–water partition coefficient (Wildman–Crippen LogP) is 6.76. The van der Waals surface area contributed by atoms with E-state index in [2.05, 4.69) is 92.1 Å². The van der Waals surface area contributed by atoms with Crippen LogP contribution in [0, 0.1) is 0 Å². The summed E-state index contributed by atoms with van der Waals surface area (Å²) in [6, 6.07) is -1.00. The molecule has 3 fully saturated rings. The Morgan fingerprint density at radius 2 is 0.833 bits per heavy atom. The Morgan fingerprint density at radius 3 is 1.33 bits per heavy atom. The number of aliphatic hydroxyl groups is 11. The van der Waals surface area contributed by atoms with Crippen molar-refractivity contribution in [2.45, 2.75) is 291 Å². The molecule has 3 aliphatic heterocycles. The largest absolute Gasteiger partial charge is 0.394 e. The van der Waals surface area contributed by atoms with Gasteiger partial charge in [-0.15, -0.1) is 0 Å². The average Bonchev–Trinajstić information content (AvgIpc) is 3.69. The van der Waals surface area contributed by atoms with Crippen molar-refractivity contribution in [2.24, 2.45) is 0 Å². The van der Waals surface area contributed by atoms with E-state index in [9.17, 15) is 61.0 Å². The van der Waals surface area contributed by atoms with Crippen molar-refractivity contribution in [3.8, 4) is 0 Å². The van der Waals surface area contributed by atoms with Gasteiger partial charge < -0.3 is 89.9 Å². The first-order chi connectivity index (χ1) is 40.8. The van der Waals surface area contributed by atoms with Crippen molar-refractivity contribution in [1.82, 2.24) is 5.32 Å². The second kappa shape index (κ2) is 47.0. The highest BCUT2D eigenvalue weighted by atomic mass is 16.8. The summed E-state index contributed by atoms with van der Waals surface area (Å²) in [4.78, 5) is 13.4. The fourth-order valence-corrected chi connectivity index (χ4v) is 10.2. The maximum atomic E-state index is 13.4. The monoisotopic (exact) mass is 1190 g/mol. The third kappa shape index (κ3) is 29.8. The Bertz CT molecular complexity index is 1860. The molecule has 19 nitrogen and oxygen atoms in total. The lowest BCUT2D eigenvalue weighted by Crippen LogP contribution is -2.66. The summed E-state index contributed by atoms with van der Waals surface area (Å²) >= 11 is 0. The number of aliphatic hydroxyl groups excluding tert-OH is 11. The SMILES string of the molecule is CC/C=C\C/C=C\C/C=C\C/C=C\C/C=C\CCCCCCCCCC(=O)NC(COC1OC(CO)C(OC2OC(CO)C(OC3OC(CO)C(O)C(O)C3O)C(O)C2O)C(O)C1O)C(O)/C=C/CC/C=C/CCCCCCCCCCCC. The van der Waals surface area contributed by atoms with Gasteiger partial charge in [0.15, 0.2) is 18.9 Å². The molecule has 0 aromatic heterocycles. The van der Waals surface area contributed by atoms with Crippen LogP contribution in [0.5, 0.6) is 0 Å². The number of carbonyl (C=O) groups excluding carboxylic acids is 1. The molecule has 484 valence electrons. The van der Waals surface area contributed by atoms with Gasteiger partial charge in [0.25, 0.3) is 0 Å². The summed E-state index contributed by atoms with van der Waals surface area (Å²) < 4.78 is 34.2. The van der Waals surface area contributed by atoms with Crippen LogP contribution in [0.25, 0.3) is 0 Å². The first-order valence-corrected chi connectivity index (χ1v) is 31.8. The van der Waals surface area contributed by atoms with Crippen LogP contribution in [0.4, 0.5) is 0 Å². The molecule has 3 rings (SSSR count). The van der Waals surface area contributed by atoms with E-state index in [1.807, 2.05) is 6.08 Å². The number of carbonyl (C=O) groups is 1. The van der Waals surface area contributed by atoms with E-state index in [-0.39, 0.29) is 18.9 Å². The minimum Gasteiger partial charge on any atom is -0.394 e. The molecule has 0 bridgehead atoms. The standard InChI is InChI=1S/C65H111NO18/c1-3-5-7-9-11-13-15-17-19-21-22-23-24-25-26-27-29-31-33-35-37-39-41-43-53(71)66-48(49(70)42-40-38-36-34-32-30-28-20-18-16-14-12-10-8-6-4-2)47-79-63-59(77)56(74)61(51(45-68)81-63)84-65-60(78)57(75)62(52(46-69)82-65)83-64-58(76)55(73)54(72)50(44-67)80-64/h5,7,11,13,17,19,22-23,25-26,32,34,40,42,48-52,54-65,67-70,72-78H,3-4,6,8-10,12,14-16,18,20-21,24,27-31,33,35-39,41,43-47H2,1-2H3,(H,66,71)/b7-5-,13-11-,19-17-,23-22-,26-25-,34-32+,42-40+. The second-order valence-electron chi connectivity index (χ2n) is 22.5. The smallest absolute Gasteiger partial charge is 0.220 e. The molecule has 0 aliphatic carbocycles. The third-order valence-electron chi connectivity index (χ3n) is 15.4. The van der Waals surface area contributed by atoms with Crippen molar-refractivity contribution < 1.29 is 89.4 Å². The number of hydrogen-bond acceptors (Lipinski definition) is 18. The third-order valence-corrected chi connectivity index (χ3v) is 15.4. The number of nitrogens with one attached hydrogen (secondary N) is 1. The summed E-state index contributed by atoms with van der Waals surface area (Å²) in [7, 11) is 0. The minimum atomic E-state index is -1.99. The summed E-state index contributed by atoms with van der Waals surface area (Å²) in [6.07, 6.45) is 31.2. The molecule has 84 heavy (non-hydrogen) atoms. The van der Waals surface area contributed by atoms with Gasteiger partial charge in [-0.05, 0) is 77.0 Å². The van der Waals surface area contributed by atoms with E-state index in [4.69, 9.17) is 28.4 Å². The summed E-state index contributed by atoms with van der Waals surface area (Å²) in [5.41, 5.74) is 0. The molecule has 19 heteroatoms. The van der Waals surface area contributed by atoms with Crippen LogP contribution < -0.4 is 5.32 Å². The number of rotatable bonds is 46.